The molecular formula is C15H15F2NS. The number of nitrogen functional groups attached to an aromatic ring is 1. The minimum Gasteiger partial charge on any atom is -0.399 e. The third-order valence-corrected chi connectivity index (χ3v) is 3.88. The SMILES string of the molecule is Nc1ccc(CCCSc2ccc(F)cc2F)cc1. The zero-order valence-electron chi connectivity index (χ0n) is 10.4. The molecule has 2 aromatic carbocycles. The Morgan fingerprint density at radius 2 is 1.74 bits per heavy atom. The lowest BCUT2D eigenvalue weighted by Crippen LogP contribution is -1.91. The van der Waals surface area contributed by atoms with Crippen LogP contribution in [0.15, 0.2) is 47.4 Å². The van der Waals surface area contributed by atoms with E-state index in [9.17, 15) is 8.78 Å². The van der Waals surface area contributed by atoms with Crippen molar-refractivity contribution >= 4 is 17.4 Å². The molecular weight excluding hydrogens is 264 g/mol. The first-order chi connectivity index (χ1) is 9.15. The normalized spacial score (nSPS) is 10.6. The molecule has 2 aromatic rings. The molecule has 0 heterocycles. The molecule has 0 saturated heterocycles. The standard InChI is InChI=1S/C15H15F2NS/c16-12-5-8-15(14(17)10-12)19-9-1-2-11-3-6-13(18)7-4-11/h3-8,10H,1-2,9,18H2. The monoisotopic (exact) mass is 279 g/mol. The lowest BCUT2D eigenvalue weighted by Gasteiger charge is -2.04. The summed E-state index contributed by atoms with van der Waals surface area (Å²) in [5.74, 6) is -0.228. The van der Waals surface area contributed by atoms with Gasteiger partial charge in [0.05, 0.1) is 0 Å². The van der Waals surface area contributed by atoms with Crippen LogP contribution < -0.4 is 5.73 Å². The van der Waals surface area contributed by atoms with Gasteiger partial charge in [-0.15, -0.1) is 11.8 Å². The summed E-state index contributed by atoms with van der Waals surface area (Å²) >= 11 is 1.41. The molecule has 0 aromatic heterocycles. The van der Waals surface area contributed by atoms with Crippen LogP contribution in [0.1, 0.15) is 12.0 Å². The molecule has 2 N–H and O–H groups in total. The number of anilines is 1. The van der Waals surface area contributed by atoms with Crippen molar-refractivity contribution in [2.24, 2.45) is 0 Å². The van der Waals surface area contributed by atoms with E-state index in [2.05, 4.69) is 0 Å². The Hall–Kier alpha value is -1.55. The number of nitrogens with two attached hydrogens (primary N) is 1. The summed E-state index contributed by atoms with van der Waals surface area (Å²) in [6.07, 6.45) is 1.86. The van der Waals surface area contributed by atoms with Gasteiger partial charge in [0, 0.05) is 16.6 Å². The van der Waals surface area contributed by atoms with Crippen LogP contribution in [-0.2, 0) is 6.42 Å². The highest BCUT2D eigenvalue weighted by atomic mass is 32.2. The first-order valence-corrected chi connectivity index (χ1v) is 7.06. The maximum absolute atomic E-state index is 13.4. The summed E-state index contributed by atoms with van der Waals surface area (Å²) in [4.78, 5) is 0.499. The van der Waals surface area contributed by atoms with Crippen molar-refractivity contribution in [1.29, 1.82) is 0 Å². The Balaban J connectivity index is 1.79. The highest BCUT2D eigenvalue weighted by Crippen LogP contribution is 2.23. The zero-order chi connectivity index (χ0) is 13.7. The van der Waals surface area contributed by atoms with Gasteiger partial charge < -0.3 is 5.73 Å². The average molecular weight is 279 g/mol. The van der Waals surface area contributed by atoms with Crippen molar-refractivity contribution in [1.82, 2.24) is 0 Å². The highest BCUT2D eigenvalue weighted by molar-refractivity contribution is 7.99. The lowest BCUT2D eigenvalue weighted by molar-refractivity contribution is 0.565. The van der Waals surface area contributed by atoms with Crippen LogP contribution in [0.25, 0.3) is 0 Å². The van der Waals surface area contributed by atoms with Crippen LogP contribution in [0.2, 0.25) is 0 Å². The predicted molar refractivity (Wildman–Crippen MR) is 76.3 cm³/mol. The van der Waals surface area contributed by atoms with Gasteiger partial charge in [-0.3, -0.25) is 0 Å². The number of hydrogen-bond donors (Lipinski definition) is 1. The van der Waals surface area contributed by atoms with Crippen LogP contribution in [0, 0.1) is 11.6 Å². The highest BCUT2D eigenvalue weighted by Gasteiger charge is 2.04. The van der Waals surface area contributed by atoms with Gasteiger partial charge in [-0.1, -0.05) is 12.1 Å². The van der Waals surface area contributed by atoms with Gasteiger partial charge in [0.1, 0.15) is 11.6 Å². The fourth-order valence-corrected chi connectivity index (χ4v) is 2.60. The predicted octanol–water partition coefficient (Wildman–Crippen LogP) is 4.27. The van der Waals surface area contributed by atoms with Crippen LogP contribution in [0.5, 0.6) is 0 Å². The van der Waals surface area contributed by atoms with Crippen LogP contribution in [0.4, 0.5) is 14.5 Å². The second-order valence-corrected chi connectivity index (χ2v) is 5.41. The summed E-state index contributed by atoms with van der Waals surface area (Å²) in [7, 11) is 0. The Morgan fingerprint density at radius 1 is 1.00 bits per heavy atom. The molecule has 0 aliphatic rings. The van der Waals surface area contributed by atoms with Crippen molar-refractivity contribution in [3.8, 4) is 0 Å². The molecule has 0 aliphatic heterocycles. The topological polar surface area (TPSA) is 26.0 Å². The molecule has 0 radical (unpaired) electrons. The number of thioether (sulfide) groups is 1. The van der Waals surface area contributed by atoms with Gasteiger partial charge in [0.25, 0.3) is 0 Å². The fraction of sp³-hybridized carbons (Fsp3) is 0.200. The third-order valence-electron chi connectivity index (χ3n) is 2.74. The average Bonchev–Trinajstić information content (AvgIpc) is 2.39. The zero-order valence-corrected chi connectivity index (χ0v) is 11.2. The van der Waals surface area contributed by atoms with Crippen molar-refractivity contribution < 1.29 is 8.78 Å². The number of aryl methyl sites for hydroxylation is 1. The Kier molecular flexibility index (Phi) is 4.80. The van der Waals surface area contributed by atoms with Crippen LogP contribution in [0.3, 0.4) is 0 Å². The van der Waals surface area contributed by atoms with Crippen molar-refractivity contribution in [2.75, 3.05) is 11.5 Å². The molecule has 0 fully saturated rings. The molecule has 19 heavy (non-hydrogen) atoms. The second kappa shape index (κ2) is 6.57. The van der Waals surface area contributed by atoms with Gasteiger partial charge in [0.15, 0.2) is 0 Å². The van der Waals surface area contributed by atoms with Gasteiger partial charge in [-0.25, -0.2) is 8.78 Å². The first kappa shape index (κ1) is 13.9. The van der Waals surface area contributed by atoms with Crippen LogP contribution >= 0.6 is 11.8 Å². The summed E-state index contributed by atoms with van der Waals surface area (Å²) in [5, 5.41) is 0. The van der Waals surface area contributed by atoms with E-state index in [0.29, 0.717) is 4.90 Å². The van der Waals surface area contributed by atoms with E-state index in [1.54, 1.807) is 0 Å². The minimum atomic E-state index is -0.538. The van der Waals surface area contributed by atoms with Gasteiger partial charge in [0.2, 0.25) is 0 Å². The van der Waals surface area contributed by atoms with E-state index in [-0.39, 0.29) is 0 Å². The van der Waals surface area contributed by atoms with E-state index in [1.807, 2.05) is 24.3 Å². The summed E-state index contributed by atoms with van der Waals surface area (Å²) < 4.78 is 26.1. The Morgan fingerprint density at radius 3 is 2.42 bits per heavy atom. The van der Waals surface area contributed by atoms with E-state index < -0.39 is 11.6 Å². The van der Waals surface area contributed by atoms with E-state index in [4.69, 9.17) is 5.73 Å². The molecule has 0 bridgehead atoms. The summed E-state index contributed by atoms with van der Waals surface area (Å²) in [5.41, 5.74) is 7.58. The van der Waals surface area contributed by atoms with E-state index in [0.717, 1.165) is 30.3 Å². The minimum absolute atomic E-state index is 0.488. The fourth-order valence-electron chi connectivity index (χ4n) is 1.73. The molecule has 0 spiro atoms. The number of benzene rings is 2. The molecule has 100 valence electrons. The largest absolute Gasteiger partial charge is 0.399 e. The molecule has 0 amide bonds. The summed E-state index contributed by atoms with van der Waals surface area (Å²) in [6, 6.07) is 11.4. The molecule has 0 unspecified atom stereocenters. The number of halogens is 2. The molecule has 0 saturated carbocycles. The van der Waals surface area contributed by atoms with E-state index >= 15 is 0 Å². The molecule has 0 aliphatic carbocycles. The Bertz CT molecular complexity index is 540. The number of hydrogen-bond acceptors (Lipinski definition) is 2. The quantitative estimate of drug-likeness (QED) is 0.502. The van der Waals surface area contributed by atoms with Crippen LogP contribution in [-0.4, -0.2) is 5.75 Å². The molecule has 2 rings (SSSR count). The Labute approximate surface area is 115 Å². The van der Waals surface area contributed by atoms with Gasteiger partial charge in [-0.2, -0.15) is 0 Å². The summed E-state index contributed by atoms with van der Waals surface area (Å²) in [6.45, 7) is 0. The molecule has 1 nitrogen and oxygen atoms in total. The van der Waals surface area contributed by atoms with Crippen molar-refractivity contribution in [3.63, 3.8) is 0 Å². The lowest BCUT2D eigenvalue weighted by atomic mass is 10.1. The number of rotatable bonds is 5. The third kappa shape index (κ3) is 4.24. The first-order valence-electron chi connectivity index (χ1n) is 6.07. The molecule has 0 atom stereocenters. The maximum Gasteiger partial charge on any atom is 0.139 e. The second-order valence-electron chi connectivity index (χ2n) is 4.27. The maximum atomic E-state index is 13.4. The van der Waals surface area contributed by atoms with Gasteiger partial charge in [-0.05, 0) is 48.4 Å². The smallest absolute Gasteiger partial charge is 0.139 e. The van der Waals surface area contributed by atoms with E-state index in [1.165, 1.54) is 29.5 Å². The molecule has 4 heteroatoms. The van der Waals surface area contributed by atoms with Gasteiger partial charge >= 0.3 is 0 Å². The van der Waals surface area contributed by atoms with Crippen molar-refractivity contribution in [2.45, 2.75) is 17.7 Å². The van der Waals surface area contributed by atoms with Crippen molar-refractivity contribution in [3.05, 3.63) is 59.7 Å².